The van der Waals surface area contributed by atoms with Gasteiger partial charge in [0.25, 0.3) is 0 Å². The first-order valence-corrected chi connectivity index (χ1v) is 5.92. The summed E-state index contributed by atoms with van der Waals surface area (Å²) in [4.78, 5) is 5.32. The second kappa shape index (κ2) is 5.09. The summed E-state index contributed by atoms with van der Waals surface area (Å²) in [7, 11) is 0. The summed E-state index contributed by atoms with van der Waals surface area (Å²) >= 11 is 1.66. The molecule has 0 amide bonds. The number of hydrogen-bond acceptors (Lipinski definition) is 4. The van der Waals surface area contributed by atoms with Crippen LogP contribution >= 0.6 is 11.3 Å². The number of nitrogens with two attached hydrogens (primary N) is 1. The second-order valence-electron chi connectivity index (χ2n) is 3.48. The summed E-state index contributed by atoms with van der Waals surface area (Å²) in [5.74, 6) is 0.864. The molecule has 1 aromatic heterocycles. The molecule has 0 saturated carbocycles. The van der Waals surface area contributed by atoms with Crippen LogP contribution in [0.1, 0.15) is 15.4 Å². The predicted molar refractivity (Wildman–Crippen MR) is 65.5 cm³/mol. The van der Waals surface area contributed by atoms with Crippen molar-refractivity contribution in [2.45, 2.75) is 20.1 Å². The molecule has 0 radical (unpaired) electrons. The Morgan fingerprint density at radius 3 is 2.62 bits per heavy atom. The van der Waals surface area contributed by atoms with Gasteiger partial charge in [0, 0.05) is 12.7 Å². The van der Waals surface area contributed by atoms with Crippen molar-refractivity contribution >= 4 is 11.3 Å². The van der Waals surface area contributed by atoms with Crippen molar-refractivity contribution in [1.82, 2.24) is 4.98 Å². The molecule has 0 saturated heterocycles. The minimum absolute atomic E-state index is 0.564. The first-order chi connectivity index (χ1) is 7.78. The highest BCUT2D eigenvalue weighted by molar-refractivity contribution is 7.11. The number of aryl methyl sites for hydroxylation is 1. The monoisotopic (exact) mass is 234 g/mol. The van der Waals surface area contributed by atoms with Gasteiger partial charge < -0.3 is 10.5 Å². The van der Waals surface area contributed by atoms with Gasteiger partial charge in [-0.25, -0.2) is 4.98 Å². The first-order valence-electron chi connectivity index (χ1n) is 5.11. The molecule has 0 spiro atoms. The van der Waals surface area contributed by atoms with Crippen LogP contribution in [0.3, 0.4) is 0 Å². The summed E-state index contributed by atoms with van der Waals surface area (Å²) in [5.41, 5.74) is 6.63. The molecule has 0 fully saturated rings. The molecule has 0 aliphatic rings. The van der Waals surface area contributed by atoms with Crippen molar-refractivity contribution in [3.63, 3.8) is 0 Å². The number of rotatable bonds is 4. The van der Waals surface area contributed by atoms with E-state index in [2.05, 4.69) is 4.98 Å². The van der Waals surface area contributed by atoms with E-state index in [1.54, 1.807) is 11.3 Å². The van der Waals surface area contributed by atoms with E-state index in [1.165, 1.54) is 0 Å². The Bertz CT molecular complexity index is 450. The zero-order valence-corrected chi connectivity index (χ0v) is 9.96. The fourth-order valence-electron chi connectivity index (χ4n) is 1.35. The van der Waals surface area contributed by atoms with Crippen LogP contribution in [0.5, 0.6) is 5.75 Å². The fourth-order valence-corrected chi connectivity index (χ4v) is 2.06. The molecule has 84 valence electrons. The minimum Gasteiger partial charge on any atom is -0.488 e. The van der Waals surface area contributed by atoms with Gasteiger partial charge in [0.15, 0.2) is 0 Å². The zero-order valence-electron chi connectivity index (χ0n) is 9.14. The smallest absolute Gasteiger partial charge is 0.124 e. The molecule has 2 aromatic rings. The second-order valence-corrected chi connectivity index (χ2v) is 4.80. The average molecular weight is 234 g/mol. The van der Waals surface area contributed by atoms with Crippen LogP contribution in [0.4, 0.5) is 0 Å². The highest BCUT2D eigenvalue weighted by Gasteiger charge is 1.99. The van der Waals surface area contributed by atoms with Gasteiger partial charge in [-0.2, -0.15) is 0 Å². The number of thiazole rings is 1. The summed E-state index contributed by atoms with van der Waals surface area (Å²) < 4.78 is 5.63. The molecule has 0 unspecified atom stereocenters. The molecule has 0 aliphatic heterocycles. The molecule has 0 bridgehead atoms. The lowest BCUT2D eigenvalue weighted by molar-refractivity contribution is 0.309. The maximum absolute atomic E-state index is 5.63. The Morgan fingerprint density at radius 1 is 1.31 bits per heavy atom. The van der Waals surface area contributed by atoms with Gasteiger partial charge >= 0.3 is 0 Å². The van der Waals surface area contributed by atoms with Crippen LogP contribution in [-0.2, 0) is 13.2 Å². The molecule has 0 aliphatic carbocycles. The Kier molecular flexibility index (Phi) is 3.54. The molecule has 0 atom stereocenters. The molecule has 4 heteroatoms. The number of hydrogen-bond donors (Lipinski definition) is 1. The molecule has 3 nitrogen and oxygen atoms in total. The molecule has 1 heterocycles. The van der Waals surface area contributed by atoms with Gasteiger partial charge in [-0.1, -0.05) is 12.1 Å². The standard InChI is InChI=1S/C12H14N2OS/c1-9-14-7-12(16-9)8-15-11-4-2-10(6-13)3-5-11/h2-5,7H,6,8,13H2,1H3. The largest absolute Gasteiger partial charge is 0.488 e. The fraction of sp³-hybridized carbons (Fsp3) is 0.250. The van der Waals surface area contributed by atoms with Crippen molar-refractivity contribution in [3.05, 3.63) is 45.9 Å². The average Bonchev–Trinajstić information content (AvgIpc) is 2.73. The van der Waals surface area contributed by atoms with Gasteiger partial charge in [0.2, 0.25) is 0 Å². The molecular weight excluding hydrogens is 220 g/mol. The minimum atomic E-state index is 0.564. The highest BCUT2D eigenvalue weighted by atomic mass is 32.1. The maximum atomic E-state index is 5.63. The van der Waals surface area contributed by atoms with Gasteiger partial charge in [-0.05, 0) is 24.6 Å². The van der Waals surface area contributed by atoms with Crippen LogP contribution in [0, 0.1) is 6.92 Å². The van der Waals surface area contributed by atoms with E-state index in [0.29, 0.717) is 13.2 Å². The Balaban J connectivity index is 1.94. The van der Waals surface area contributed by atoms with E-state index >= 15 is 0 Å². The van der Waals surface area contributed by atoms with Crippen LogP contribution in [-0.4, -0.2) is 4.98 Å². The lowest BCUT2D eigenvalue weighted by atomic mass is 10.2. The quantitative estimate of drug-likeness (QED) is 0.884. The van der Waals surface area contributed by atoms with Crippen LogP contribution in [0.2, 0.25) is 0 Å². The van der Waals surface area contributed by atoms with Crippen molar-refractivity contribution in [3.8, 4) is 5.75 Å². The number of aromatic nitrogens is 1. The number of benzene rings is 1. The van der Waals surface area contributed by atoms with Crippen molar-refractivity contribution in [2.75, 3.05) is 0 Å². The molecule has 16 heavy (non-hydrogen) atoms. The van der Waals surface area contributed by atoms with Crippen molar-refractivity contribution in [2.24, 2.45) is 5.73 Å². The van der Waals surface area contributed by atoms with Gasteiger partial charge in [-0.3, -0.25) is 0 Å². The topological polar surface area (TPSA) is 48.1 Å². The highest BCUT2D eigenvalue weighted by Crippen LogP contribution is 2.17. The Labute approximate surface area is 98.9 Å². The molecule has 2 N–H and O–H groups in total. The van der Waals surface area contributed by atoms with Crippen molar-refractivity contribution < 1.29 is 4.74 Å². The van der Waals surface area contributed by atoms with Gasteiger partial charge in [-0.15, -0.1) is 11.3 Å². The van der Waals surface area contributed by atoms with Crippen molar-refractivity contribution in [1.29, 1.82) is 0 Å². The third kappa shape index (κ3) is 2.81. The molecule has 1 aromatic carbocycles. The first kappa shape index (κ1) is 11.1. The van der Waals surface area contributed by atoms with E-state index in [9.17, 15) is 0 Å². The summed E-state index contributed by atoms with van der Waals surface area (Å²) in [6.07, 6.45) is 1.86. The van der Waals surface area contributed by atoms with E-state index < -0.39 is 0 Å². The zero-order chi connectivity index (χ0) is 11.4. The summed E-state index contributed by atoms with van der Waals surface area (Å²) in [6, 6.07) is 7.84. The molecular formula is C12H14N2OS. The third-order valence-corrected chi connectivity index (χ3v) is 3.10. The lowest BCUT2D eigenvalue weighted by Gasteiger charge is -2.04. The Morgan fingerprint density at radius 2 is 2.06 bits per heavy atom. The SMILES string of the molecule is Cc1ncc(COc2ccc(CN)cc2)s1. The number of ether oxygens (including phenoxy) is 1. The Hall–Kier alpha value is -1.39. The lowest BCUT2D eigenvalue weighted by Crippen LogP contribution is -1.96. The van der Waals surface area contributed by atoms with E-state index in [4.69, 9.17) is 10.5 Å². The van der Waals surface area contributed by atoms with E-state index in [-0.39, 0.29) is 0 Å². The number of nitrogens with zero attached hydrogens (tertiary/aromatic N) is 1. The van der Waals surface area contributed by atoms with E-state index in [0.717, 1.165) is 21.2 Å². The van der Waals surface area contributed by atoms with Crippen LogP contribution in [0.15, 0.2) is 30.5 Å². The predicted octanol–water partition coefficient (Wildman–Crippen LogP) is 2.49. The molecule has 2 rings (SSSR count). The third-order valence-electron chi connectivity index (χ3n) is 2.21. The van der Waals surface area contributed by atoms with Crippen LogP contribution < -0.4 is 10.5 Å². The summed E-state index contributed by atoms with van der Waals surface area (Å²) in [5, 5.41) is 1.07. The van der Waals surface area contributed by atoms with Crippen LogP contribution in [0.25, 0.3) is 0 Å². The normalized spacial score (nSPS) is 10.4. The van der Waals surface area contributed by atoms with Gasteiger partial charge in [0.1, 0.15) is 12.4 Å². The summed E-state index contributed by atoms with van der Waals surface area (Å²) in [6.45, 7) is 3.13. The van der Waals surface area contributed by atoms with Gasteiger partial charge in [0.05, 0.1) is 9.88 Å². The van der Waals surface area contributed by atoms with E-state index in [1.807, 2.05) is 37.4 Å². The maximum Gasteiger partial charge on any atom is 0.124 e.